The lowest BCUT2D eigenvalue weighted by Crippen LogP contribution is -2.04. The zero-order chi connectivity index (χ0) is 13.6. The van der Waals surface area contributed by atoms with Gasteiger partial charge in [0.25, 0.3) is 0 Å². The zero-order valence-corrected chi connectivity index (χ0v) is 10.2. The van der Waals surface area contributed by atoms with E-state index in [0.29, 0.717) is 11.1 Å². The highest BCUT2D eigenvalue weighted by molar-refractivity contribution is 5.73. The average Bonchev–Trinajstić information content (AvgIpc) is 2.29. The summed E-state index contributed by atoms with van der Waals surface area (Å²) in [5, 5.41) is 0. The first-order valence-electron chi connectivity index (χ1n) is 5.20. The normalized spacial score (nSPS) is 10.2. The Hall–Kier alpha value is -1.58. The molecule has 1 nitrogen and oxygen atoms in total. The third kappa shape index (κ3) is 4.06. The fraction of sp³-hybridized carbons (Fsp3) is 0.308. The number of benzene rings is 1. The first-order chi connectivity index (χ1) is 7.86. The largest absolute Gasteiger partial charge is 0.416 e. The molecule has 0 aliphatic rings. The summed E-state index contributed by atoms with van der Waals surface area (Å²) in [5.74, 6) is 0. The minimum atomic E-state index is -4.35. The van der Waals surface area contributed by atoms with Crippen LogP contribution in [0.5, 0.6) is 0 Å². The van der Waals surface area contributed by atoms with Crippen LogP contribution in [-0.4, -0.2) is 6.72 Å². The van der Waals surface area contributed by atoms with Gasteiger partial charge in [-0.15, -0.1) is 0 Å². The topological polar surface area (TPSA) is 12.4 Å². The molecule has 0 aromatic heterocycles. The second-order valence-electron chi connectivity index (χ2n) is 3.17. The molecule has 0 saturated carbocycles. The smallest absolute Gasteiger partial charge is 0.264 e. The van der Waals surface area contributed by atoms with Crippen molar-refractivity contribution >= 4 is 18.0 Å². The Bertz CT molecular complexity index is 406. The van der Waals surface area contributed by atoms with E-state index in [2.05, 4.69) is 18.3 Å². The van der Waals surface area contributed by atoms with Gasteiger partial charge in [-0.05, 0) is 31.3 Å². The molecule has 0 fully saturated rings. The highest BCUT2D eigenvalue weighted by Gasteiger charge is 2.30. The summed E-state index contributed by atoms with van der Waals surface area (Å²) in [5.41, 5.74) is 0.719. The van der Waals surface area contributed by atoms with Crippen LogP contribution in [0.2, 0.25) is 0 Å². The Morgan fingerprint density at radius 2 is 1.76 bits per heavy atom. The SMILES string of the molecule is C=Nc1cc(C(F)(F)F)ccc1C(=C)C.CC. The van der Waals surface area contributed by atoms with E-state index in [1.165, 1.54) is 6.07 Å². The number of allylic oxidation sites excluding steroid dienone is 1. The van der Waals surface area contributed by atoms with Gasteiger partial charge >= 0.3 is 6.18 Å². The molecule has 1 aromatic rings. The van der Waals surface area contributed by atoms with Crippen LogP contribution < -0.4 is 0 Å². The number of hydrogen-bond acceptors (Lipinski definition) is 1. The minimum absolute atomic E-state index is 0.206. The summed E-state index contributed by atoms with van der Waals surface area (Å²) in [6.07, 6.45) is -4.35. The molecule has 0 atom stereocenters. The van der Waals surface area contributed by atoms with Crippen LogP contribution in [0, 0.1) is 0 Å². The molecule has 1 aromatic carbocycles. The van der Waals surface area contributed by atoms with Crippen LogP contribution in [0.3, 0.4) is 0 Å². The fourth-order valence-electron chi connectivity index (χ4n) is 1.20. The number of halogens is 3. The summed E-state index contributed by atoms with van der Waals surface area (Å²) in [6, 6.07) is 3.34. The van der Waals surface area contributed by atoms with Gasteiger partial charge in [-0.3, -0.25) is 4.99 Å². The fourth-order valence-corrected chi connectivity index (χ4v) is 1.20. The second kappa shape index (κ2) is 6.23. The Morgan fingerprint density at radius 1 is 1.24 bits per heavy atom. The molecule has 0 aliphatic carbocycles. The Morgan fingerprint density at radius 3 is 2.12 bits per heavy atom. The molecule has 0 bridgehead atoms. The molecule has 0 amide bonds. The summed E-state index contributed by atoms with van der Waals surface area (Å²) in [4.78, 5) is 3.56. The maximum Gasteiger partial charge on any atom is 0.416 e. The number of nitrogens with zero attached hydrogens (tertiary/aromatic N) is 1. The molecule has 0 heterocycles. The van der Waals surface area contributed by atoms with E-state index < -0.39 is 11.7 Å². The van der Waals surface area contributed by atoms with E-state index in [9.17, 15) is 13.2 Å². The number of hydrogen-bond donors (Lipinski definition) is 0. The van der Waals surface area contributed by atoms with Crippen LogP contribution in [-0.2, 0) is 6.18 Å². The third-order valence-corrected chi connectivity index (χ3v) is 1.96. The first kappa shape index (κ1) is 15.4. The number of aliphatic imine (C=N–C) groups is 1. The van der Waals surface area contributed by atoms with Gasteiger partial charge in [0.2, 0.25) is 0 Å². The molecule has 0 N–H and O–H groups in total. The van der Waals surface area contributed by atoms with Gasteiger partial charge in [0.05, 0.1) is 11.3 Å². The maximum atomic E-state index is 12.4. The van der Waals surface area contributed by atoms with E-state index in [4.69, 9.17) is 0 Å². The van der Waals surface area contributed by atoms with E-state index in [1.54, 1.807) is 6.92 Å². The lowest BCUT2D eigenvalue weighted by molar-refractivity contribution is -0.137. The van der Waals surface area contributed by atoms with Crippen molar-refractivity contribution in [3.05, 3.63) is 35.9 Å². The Balaban J connectivity index is 0.00000121. The van der Waals surface area contributed by atoms with Crippen molar-refractivity contribution in [1.29, 1.82) is 0 Å². The van der Waals surface area contributed by atoms with E-state index in [0.717, 1.165) is 12.1 Å². The molecule has 0 spiro atoms. The number of alkyl halides is 3. The highest BCUT2D eigenvalue weighted by atomic mass is 19.4. The van der Waals surface area contributed by atoms with Crippen molar-refractivity contribution < 1.29 is 13.2 Å². The van der Waals surface area contributed by atoms with Gasteiger partial charge in [-0.25, -0.2) is 0 Å². The summed E-state index contributed by atoms with van der Waals surface area (Å²) in [7, 11) is 0. The van der Waals surface area contributed by atoms with E-state index in [-0.39, 0.29) is 5.69 Å². The molecule has 1 rings (SSSR count). The van der Waals surface area contributed by atoms with Crippen LogP contribution >= 0.6 is 0 Å². The summed E-state index contributed by atoms with van der Waals surface area (Å²) < 4.78 is 37.1. The Labute approximate surface area is 99.7 Å². The van der Waals surface area contributed by atoms with E-state index >= 15 is 0 Å². The van der Waals surface area contributed by atoms with Crippen molar-refractivity contribution in [1.82, 2.24) is 0 Å². The monoisotopic (exact) mass is 243 g/mol. The predicted octanol–water partition coefficient (Wildman–Crippen LogP) is 5.10. The predicted molar refractivity (Wildman–Crippen MR) is 66.7 cm³/mol. The summed E-state index contributed by atoms with van der Waals surface area (Å²) in [6.45, 7) is 12.6. The van der Waals surface area contributed by atoms with Gasteiger partial charge in [-0.2, -0.15) is 13.2 Å². The Kier molecular flexibility index (Phi) is 5.65. The molecule has 94 valence electrons. The second-order valence-corrected chi connectivity index (χ2v) is 3.17. The third-order valence-electron chi connectivity index (χ3n) is 1.96. The standard InChI is InChI=1S/C11H10F3N.C2H6/c1-7(2)9-5-4-8(11(12,13)14)6-10(9)15-3;1-2/h4-6H,1,3H2,2H3;1-2H3. The molecular formula is C13H16F3N. The van der Waals surface area contributed by atoms with Crippen molar-refractivity contribution in [3.8, 4) is 0 Å². The molecule has 4 heteroatoms. The van der Waals surface area contributed by atoms with Crippen molar-refractivity contribution in [2.45, 2.75) is 26.9 Å². The quantitative estimate of drug-likeness (QED) is 0.641. The zero-order valence-electron chi connectivity index (χ0n) is 10.2. The van der Waals surface area contributed by atoms with E-state index in [1.807, 2.05) is 13.8 Å². The molecule has 0 aliphatic heterocycles. The van der Waals surface area contributed by atoms with Crippen LogP contribution in [0.1, 0.15) is 31.9 Å². The molecule has 0 saturated heterocycles. The highest BCUT2D eigenvalue weighted by Crippen LogP contribution is 2.34. The van der Waals surface area contributed by atoms with Crippen molar-refractivity contribution in [3.63, 3.8) is 0 Å². The van der Waals surface area contributed by atoms with Gasteiger partial charge < -0.3 is 0 Å². The van der Waals surface area contributed by atoms with Gasteiger partial charge in [0, 0.05) is 5.56 Å². The molecule has 17 heavy (non-hydrogen) atoms. The molecule has 0 radical (unpaired) electrons. The lowest BCUT2D eigenvalue weighted by Gasteiger charge is -2.10. The maximum absolute atomic E-state index is 12.4. The van der Waals surface area contributed by atoms with Gasteiger partial charge in [-0.1, -0.05) is 26.5 Å². The van der Waals surface area contributed by atoms with Crippen molar-refractivity contribution in [2.24, 2.45) is 4.99 Å². The van der Waals surface area contributed by atoms with Crippen molar-refractivity contribution in [2.75, 3.05) is 0 Å². The van der Waals surface area contributed by atoms with Crippen LogP contribution in [0.4, 0.5) is 18.9 Å². The van der Waals surface area contributed by atoms with Crippen LogP contribution in [0.25, 0.3) is 5.57 Å². The molecular weight excluding hydrogens is 227 g/mol. The minimum Gasteiger partial charge on any atom is -0.264 e. The average molecular weight is 243 g/mol. The first-order valence-corrected chi connectivity index (χ1v) is 5.20. The van der Waals surface area contributed by atoms with Gasteiger partial charge in [0.15, 0.2) is 0 Å². The lowest BCUT2D eigenvalue weighted by atomic mass is 10.0. The number of rotatable bonds is 2. The summed E-state index contributed by atoms with van der Waals surface area (Å²) >= 11 is 0. The van der Waals surface area contributed by atoms with Gasteiger partial charge in [0.1, 0.15) is 0 Å². The van der Waals surface area contributed by atoms with Crippen LogP contribution in [0.15, 0.2) is 29.8 Å². The molecule has 0 unspecified atom stereocenters.